The van der Waals surface area contributed by atoms with Gasteiger partial charge < -0.3 is 10.2 Å². The summed E-state index contributed by atoms with van der Waals surface area (Å²) in [5.74, 6) is 1.66. The molecule has 2 N–H and O–H groups in total. The van der Waals surface area contributed by atoms with Crippen LogP contribution < -0.4 is 4.74 Å². The molecule has 0 amide bonds. The van der Waals surface area contributed by atoms with Gasteiger partial charge in [0.2, 0.25) is 0 Å². The summed E-state index contributed by atoms with van der Waals surface area (Å²) in [5.41, 5.74) is 4.07. The number of piperidine rings is 1. The molecule has 0 radical (unpaired) electrons. The molecule has 29 heavy (non-hydrogen) atoms. The van der Waals surface area contributed by atoms with E-state index in [1.807, 2.05) is 24.3 Å². The van der Waals surface area contributed by atoms with E-state index in [0.717, 1.165) is 62.6 Å². The van der Waals surface area contributed by atoms with E-state index in [0.29, 0.717) is 5.92 Å². The molecule has 0 saturated carbocycles. The number of ether oxygens (including phenoxy) is 1. The third-order valence-electron chi connectivity index (χ3n) is 6.05. The summed E-state index contributed by atoms with van der Waals surface area (Å²) >= 11 is 0. The van der Waals surface area contributed by atoms with E-state index < -0.39 is 11.0 Å². The molecule has 1 atom stereocenters. The highest BCUT2D eigenvalue weighted by Crippen LogP contribution is 2.27. The highest BCUT2D eigenvalue weighted by atomic mass is 32.2. The first-order valence-corrected chi connectivity index (χ1v) is 11.3. The summed E-state index contributed by atoms with van der Waals surface area (Å²) < 4.78 is 20.3. The molecular formula is C23H32N2O3S. The van der Waals surface area contributed by atoms with Crippen LogP contribution in [0.4, 0.5) is 0 Å². The Hall–Kier alpha value is -1.73. The molecule has 4 rings (SSSR count). The van der Waals surface area contributed by atoms with Crippen LogP contribution in [0.3, 0.4) is 0 Å². The van der Waals surface area contributed by atoms with E-state index in [1.54, 1.807) is 7.11 Å². The molecule has 2 aromatic carbocycles. The molecule has 2 heterocycles. The number of hydrogen-bond acceptors (Lipinski definition) is 3. The number of methoxy groups -OCH3 is 1. The fraction of sp³-hybridized carbons (Fsp3) is 0.478. The highest BCUT2D eigenvalue weighted by molar-refractivity contribution is 7.82. The predicted molar refractivity (Wildman–Crippen MR) is 117 cm³/mol. The first-order chi connectivity index (χ1) is 13.6. The standard InChI is InChI=1S/C23H30N2O2S.H2O/c1-18-3-7-23(8-4-18)28(26)25-13-9-19(10-14-25)16-24-12-11-20-15-22(27-2)6-5-21(20)17-24;/h3-8,15,19H,9-14,16-17H2,1-2H3;1H2. The molecule has 5 nitrogen and oxygen atoms in total. The minimum atomic E-state index is -1.02. The normalized spacial score (nSPS) is 19.2. The Kier molecular flexibility index (Phi) is 7.46. The van der Waals surface area contributed by atoms with E-state index in [2.05, 4.69) is 34.3 Å². The zero-order chi connectivity index (χ0) is 19.5. The van der Waals surface area contributed by atoms with Gasteiger partial charge in [0.05, 0.1) is 12.0 Å². The van der Waals surface area contributed by atoms with Crippen molar-refractivity contribution in [3.63, 3.8) is 0 Å². The predicted octanol–water partition coefficient (Wildman–Crippen LogP) is 2.97. The van der Waals surface area contributed by atoms with Crippen molar-refractivity contribution in [2.45, 2.75) is 37.6 Å². The Balaban J connectivity index is 0.00000240. The second-order valence-electron chi connectivity index (χ2n) is 8.05. The maximum Gasteiger partial charge on any atom is 0.127 e. The first-order valence-electron chi connectivity index (χ1n) is 10.2. The quantitative estimate of drug-likeness (QED) is 0.753. The topological polar surface area (TPSA) is 64.3 Å². The number of fused-ring (bicyclic) bond motifs is 1. The maximum absolute atomic E-state index is 12.8. The average molecular weight is 417 g/mol. The summed E-state index contributed by atoms with van der Waals surface area (Å²) in [6.45, 7) is 7.22. The van der Waals surface area contributed by atoms with Crippen molar-refractivity contribution in [2.24, 2.45) is 5.92 Å². The Morgan fingerprint density at radius 1 is 1.03 bits per heavy atom. The lowest BCUT2D eigenvalue weighted by Gasteiger charge is -2.36. The van der Waals surface area contributed by atoms with Gasteiger partial charge in [0, 0.05) is 32.7 Å². The summed E-state index contributed by atoms with van der Waals surface area (Å²) in [6, 6.07) is 14.6. The van der Waals surface area contributed by atoms with Crippen molar-refractivity contribution in [2.75, 3.05) is 33.3 Å². The molecule has 1 fully saturated rings. The minimum Gasteiger partial charge on any atom is -0.497 e. The molecule has 0 spiro atoms. The molecular weight excluding hydrogens is 384 g/mol. The van der Waals surface area contributed by atoms with E-state index in [9.17, 15) is 4.21 Å². The largest absolute Gasteiger partial charge is 0.497 e. The lowest BCUT2D eigenvalue weighted by Crippen LogP contribution is -2.40. The fourth-order valence-corrected chi connectivity index (χ4v) is 5.51. The molecule has 0 aliphatic carbocycles. The van der Waals surface area contributed by atoms with Crippen LogP contribution in [0.1, 0.15) is 29.5 Å². The first kappa shape index (κ1) is 22.0. The van der Waals surface area contributed by atoms with Crippen molar-refractivity contribution in [1.82, 2.24) is 9.21 Å². The lowest BCUT2D eigenvalue weighted by atomic mass is 9.94. The van der Waals surface area contributed by atoms with Crippen molar-refractivity contribution >= 4 is 11.0 Å². The maximum atomic E-state index is 12.8. The number of rotatable bonds is 5. The summed E-state index contributed by atoms with van der Waals surface area (Å²) in [4.78, 5) is 3.51. The molecule has 0 bridgehead atoms. The van der Waals surface area contributed by atoms with Crippen LogP contribution in [0, 0.1) is 12.8 Å². The summed E-state index contributed by atoms with van der Waals surface area (Å²) in [7, 11) is 0.706. The van der Waals surface area contributed by atoms with Gasteiger partial charge >= 0.3 is 0 Å². The van der Waals surface area contributed by atoms with Gasteiger partial charge in [-0.25, -0.2) is 8.51 Å². The van der Waals surface area contributed by atoms with E-state index >= 15 is 0 Å². The Bertz CT molecular complexity index is 833. The van der Waals surface area contributed by atoms with Gasteiger partial charge in [-0.3, -0.25) is 4.90 Å². The molecule has 1 unspecified atom stereocenters. The molecule has 2 aromatic rings. The highest BCUT2D eigenvalue weighted by Gasteiger charge is 2.26. The van der Waals surface area contributed by atoms with Gasteiger partial charge in [-0.15, -0.1) is 0 Å². The van der Waals surface area contributed by atoms with Crippen molar-refractivity contribution in [3.8, 4) is 5.75 Å². The van der Waals surface area contributed by atoms with Crippen LogP contribution >= 0.6 is 0 Å². The molecule has 2 aliphatic rings. The molecule has 6 heteroatoms. The van der Waals surface area contributed by atoms with Crippen LogP contribution in [0.25, 0.3) is 0 Å². The van der Waals surface area contributed by atoms with Crippen LogP contribution in [-0.4, -0.2) is 52.2 Å². The second kappa shape index (κ2) is 9.85. The Morgan fingerprint density at radius 3 is 2.45 bits per heavy atom. The molecule has 2 aliphatic heterocycles. The summed E-state index contributed by atoms with van der Waals surface area (Å²) in [6.07, 6.45) is 3.36. The van der Waals surface area contributed by atoms with Gasteiger partial charge in [-0.2, -0.15) is 0 Å². The number of hydrogen-bond donors (Lipinski definition) is 0. The fourth-order valence-electron chi connectivity index (χ4n) is 4.30. The van der Waals surface area contributed by atoms with Gasteiger partial charge in [-0.05, 0) is 67.5 Å². The molecule has 158 valence electrons. The zero-order valence-electron chi connectivity index (χ0n) is 17.4. The Labute approximate surface area is 176 Å². The summed E-state index contributed by atoms with van der Waals surface area (Å²) in [5, 5.41) is 0. The SMILES string of the molecule is COc1ccc2c(c1)CCN(CC1CCN(S(=O)c3ccc(C)cc3)CC1)C2.O. The van der Waals surface area contributed by atoms with E-state index in [1.165, 1.54) is 16.7 Å². The average Bonchev–Trinajstić information content (AvgIpc) is 2.74. The van der Waals surface area contributed by atoms with Gasteiger partial charge in [0.1, 0.15) is 16.7 Å². The second-order valence-corrected chi connectivity index (χ2v) is 9.54. The van der Waals surface area contributed by atoms with E-state index in [-0.39, 0.29) is 5.48 Å². The van der Waals surface area contributed by atoms with E-state index in [4.69, 9.17) is 4.74 Å². The number of benzene rings is 2. The van der Waals surface area contributed by atoms with Crippen LogP contribution in [0.5, 0.6) is 5.75 Å². The molecule has 1 saturated heterocycles. The third kappa shape index (κ3) is 5.25. The number of aryl methyl sites for hydroxylation is 1. The number of nitrogens with zero attached hydrogens (tertiary/aromatic N) is 2. The van der Waals surface area contributed by atoms with Crippen LogP contribution in [0.15, 0.2) is 47.4 Å². The van der Waals surface area contributed by atoms with Crippen LogP contribution in [-0.2, 0) is 24.0 Å². The van der Waals surface area contributed by atoms with Crippen LogP contribution in [0.2, 0.25) is 0 Å². The van der Waals surface area contributed by atoms with Crippen molar-refractivity contribution < 1.29 is 14.4 Å². The third-order valence-corrected chi connectivity index (χ3v) is 7.56. The van der Waals surface area contributed by atoms with Gasteiger partial charge in [0.25, 0.3) is 0 Å². The Morgan fingerprint density at radius 2 is 1.76 bits per heavy atom. The zero-order valence-corrected chi connectivity index (χ0v) is 18.2. The minimum absolute atomic E-state index is 0. The van der Waals surface area contributed by atoms with Gasteiger partial charge in [-0.1, -0.05) is 23.8 Å². The van der Waals surface area contributed by atoms with Gasteiger partial charge in [0.15, 0.2) is 0 Å². The lowest BCUT2D eigenvalue weighted by molar-refractivity contribution is 0.173. The smallest absolute Gasteiger partial charge is 0.127 e. The molecule has 0 aromatic heterocycles. The van der Waals surface area contributed by atoms with Crippen molar-refractivity contribution in [1.29, 1.82) is 0 Å². The monoisotopic (exact) mass is 416 g/mol. The van der Waals surface area contributed by atoms with Crippen molar-refractivity contribution in [3.05, 3.63) is 59.2 Å².